The van der Waals surface area contributed by atoms with E-state index < -0.39 is 0 Å². The van der Waals surface area contributed by atoms with Crippen molar-refractivity contribution >= 4 is 57.0 Å². The van der Waals surface area contributed by atoms with Gasteiger partial charge in [0, 0.05) is 15.2 Å². The molecule has 0 radical (unpaired) electrons. The topological polar surface area (TPSA) is 20.3 Å². The van der Waals surface area contributed by atoms with Crippen LogP contribution < -0.4 is 4.90 Å². The van der Waals surface area contributed by atoms with E-state index in [0.717, 1.165) is 33.5 Å². The lowest BCUT2D eigenvalue weighted by molar-refractivity contribution is -0.114. The van der Waals surface area contributed by atoms with Crippen molar-refractivity contribution in [2.45, 2.75) is 37.0 Å². The summed E-state index contributed by atoms with van der Waals surface area (Å²) in [5.41, 5.74) is 1.99. The molecule has 1 aliphatic carbocycles. The van der Waals surface area contributed by atoms with Crippen LogP contribution in [0.3, 0.4) is 0 Å². The maximum absolute atomic E-state index is 13.3. The summed E-state index contributed by atoms with van der Waals surface area (Å²) in [4.78, 5) is 16.0. The number of rotatable bonds is 2. The molecule has 0 aromatic heterocycles. The van der Waals surface area contributed by atoms with Gasteiger partial charge in [-0.1, -0.05) is 70.7 Å². The third-order valence-corrected chi connectivity index (χ3v) is 7.27. The van der Waals surface area contributed by atoms with E-state index in [0.29, 0.717) is 5.02 Å². The fourth-order valence-electron chi connectivity index (χ4n) is 3.76. The number of carbonyl (C=O) groups is 1. The minimum absolute atomic E-state index is 0.106. The number of hydrogen-bond donors (Lipinski definition) is 0. The lowest BCUT2D eigenvalue weighted by Crippen LogP contribution is -2.45. The second-order valence-electron chi connectivity index (χ2n) is 6.79. The predicted molar refractivity (Wildman–Crippen MR) is 114 cm³/mol. The molecule has 1 heterocycles. The monoisotopic (exact) mass is 447 g/mol. The molecule has 5 heteroatoms. The van der Waals surface area contributed by atoms with Crippen molar-refractivity contribution in [3.05, 3.63) is 68.5 Å². The Balaban J connectivity index is 1.74. The number of hydrogen-bond acceptors (Lipinski definition) is 2. The molecule has 1 aliphatic heterocycles. The number of carbonyl (C=O) groups excluding carboxylic acids is 1. The van der Waals surface area contributed by atoms with Crippen LogP contribution >= 0.6 is 39.3 Å². The standard InChI is InChI=1S/C21H19BrClNOS/c22-16-6-10-18(11-7-16)24-20(25)19(14-15-4-8-17(23)9-5-15)26-21(24)12-2-1-3-13-21/h4-11,14H,1-3,12-13H2/b19-14+. The van der Waals surface area contributed by atoms with E-state index >= 15 is 0 Å². The summed E-state index contributed by atoms with van der Waals surface area (Å²) in [5.74, 6) is 0.106. The third-order valence-electron chi connectivity index (χ3n) is 5.01. The minimum atomic E-state index is -0.151. The smallest absolute Gasteiger partial charge is 0.265 e. The molecule has 1 saturated carbocycles. The Morgan fingerprint density at radius 2 is 1.65 bits per heavy atom. The first-order valence-electron chi connectivity index (χ1n) is 8.84. The molecule has 2 aliphatic rings. The summed E-state index contributed by atoms with van der Waals surface area (Å²) in [5, 5.41) is 0.706. The van der Waals surface area contributed by atoms with Gasteiger partial charge < -0.3 is 0 Å². The highest BCUT2D eigenvalue weighted by atomic mass is 79.9. The Kier molecular flexibility index (Phi) is 5.18. The highest BCUT2D eigenvalue weighted by molar-refractivity contribution is 9.10. The number of nitrogens with zero attached hydrogens (tertiary/aromatic N) is 1. The number of halogens is 2. The maximum Gasteiger partial charge on any atom is 0.265 e. The molecular formula is C21H19BrClNOS. The molecule has 0 bridgehead atoms. The summed E-state index contributed by atoms with van der Waals surface area (Å²) < 4.78 is 1.02. The van der Waals surface area contributed by atoms with E-state index in [2.05, 4.69) is 15.9 Å². The molecule has 0 unspecified atom stereocenters. The van der Waals surface area contributed by atoms with Crippen LogP contribution in [0.1, 0.15) is 37.7 Å². The number of anilines is 1. The summed E-state index contributed by atoms with van der Waals surface area (Å²) in [7, 11) is 0. The summed E-state index contributed by atoms with van der Waals surface area (Å²) >= 11 is 11.2. The van der Waals surface area contributed by atoms with Crippen molar-refractivity contribution in [1.29, 1.82) is 0 Å². The van der Waals surface area contributed by atoms with Crippen LogP contribution in [0.5, 0.6) is 0 Å². The fraction of sp³-hybridized carbons (Fsp3) is 0.286. The van der Waals surface area contributed by atoms with Gasteiger partial charge in [0.1, 0.15) is 0 Å². The van der Waals surface area contributed by atoms with E-state index in [1.807, 2.05) is 59.5 Å². The average molecular weight is 449 g/mol. The van der Waals surface area contributed by atoms with Crippen molar-refractivity contribution in [2.24, 2.45) is 0 Å². The summed E-state index contributed by atoms with van der Waals surface area (Å²) in [6, 6.07) is 15.7. The second-order valence-corrected chi connectivity index (χ2v) is 9.54. The van der Waals surface area contributed by atoms with Gasteiger partial charge in [-0.25, -0.2) is 0 Å². The van der Waals surface area contributed by atoms with Crippen molar-refractivity contribution in [1.82, 2.24) is 0 Å². The van der Waals surface area contributed by atoms with Crippen LogP contribution in [0.15, 0.2) is 57.9 Å². The predicted octanol–water partition coefficient (Wildman–Crippen LogP) is 6.88. The van der Waals surface area contributed by atoms with E-state index in [-0.39, 0.29) is 10.8 Å². The van der Waals surface area contributed by atoms with E-state index in [4.69, 9.17) is 11.6 Å². The second kappa shape index (κ2) is 7.41. The van der Waals surface area contributed by atoms with Crippen LogP contribution in [0.25, 0.3) is 6.08 Å². The Bertz CT molecular complexity index is 841. The van der Waals surface area contributed by atoms with Crippen molar-refractivity contribution in [3.63, 3.8) is 0 Å². The lowest BCUT2D eigenvalue weighted by Gasteiger charge is -2.40. The number of thioether (sulfide) groups is 1. The van der Waals surface area contributed by atoms with Crippen LogP contribution in [-0.2, 0) is 4.79 Å². The van der Waals surface area contributed by atoms with Gasteiger partial charge in [0.25, 0.3) is 5.91 Å². The van der Waals surface area contributed by atoms with Gasteiger partial charge in [0.05, 0.1) is 9.78 Å². The van der Waals surface area contributed by atoms with E-state index in [1.165, 1.54) is 19.3 Å². The van der Waals surface area contributed by atoms with Crippen LogP contribution in [0, 0.1) is 0 Å². The quantitative estimate of drug-likeness (QED) is 0.466. The molecule has 2 aromatic carbocycles. The molecule has 2 fully saturated rings. The molecule has 134 valence electrons. The first-order chi connectivity index (χ1) is 12.6. The normalized spacial score (nSPS) is 20.9. The van der Waals surface area contributed by atoms with Gasteiger partial charge in [-0.2, -0.15) is 0 Å². The molecule has 2 nitrogen and oxygen atoms in total. The van der Waals surface area contributed by atoms with Crippen LogP contribution in [-0.4, -0.2) is 10.8 Å². The Morgan fingerprint density at radius 3 is 2.31 bits per heavy atom. The van der Waals surface area contributed by atoms with Crippen molar-refractivity contribution in [3.8, 4) is 0 Å². The highest BCUT2D eigenvalue weighted by Gasteiger charge is 2.50. The third kappa shape index (κ3) is 3.47. The van der Waals surface area contributed by atoms with Gasteiger partial charge in [-0.3, -0.25) is 9.69 Å². The molecule has 1 spiro atoms. The fourth-order valence-corrected chi connectivity index (χ4v) is 5.71. The zero-order valence-electron chi connectivity index (χ0n) is 14.3. The summed E-state index contributed by atoms with van der Waals surface area (Å²) in [6.45, 7) is 0. The Hall–Kier alpha value is -1.23. The highest BCUT2D eigenvalue weighted by Crippen LogP contribution is 2.54. The first kappa shape index (κ1) is 18.1. The molecule has 0 atom stereocenters. The molecule has 1 saturated heterocycles. The van der Waals surface area contributed by atoms with Gasteiger partial charge in [0.2, 0.25) is 0 Å². The first-order valence-corrected chi connectivity index (χ1v) is 10.8. The average Bonchev–Trinajstić information content (AvgIpc) is 2.90. The van der Waals surface area contributed by atoms with E-state index in [9.17, 15) is 4.79 Å². The lowest BCUT2D eigenvalue weighted by atomic mass is 9.93. The van der Waals surface area contributed by atoms with Crippen molar-refractivity contribution < 1.29 is 4.79 Å². The van der Waals surface area contributed by atoms with Crippen LogP contribution in [0.2, 0.25) is 5.02 Å². The molecule has 4 rings (SSSR count). The molecule has 1 amide bonds. The maximum atomic E-state index is 13.3. The van der Waals surface area contributed by atoms with Crippen molar-refractivity contribution in [2.75, 3.05) is 4.90 Å². The Morgan fingerprint density at radius 1 is 1.00 bits per heavy atom. The van der Waals surface area contributed by atoms with E-state index in [1.54, 1.807) is 11.8 Å². The molecule has 2 aromatic rings. The SMILES string of the molecule is O=C1/C(=C\c2ccc(Cl)cc2)SC2(CCCCC2)N1c1ccc(Br)cc1. The molecule has 26 heavy (non-hydrogen) atoms. The minimum Gasteiger partial charge on any atom is -0.292 e. The van der Waals surface area contributed by atoms with Crippen LogP contribution in [0.4, 0.5) is 5.69 Å². The molecular weight excluding hydrogens is 430 g/mol. The van der Waals surface area contributed by atoms with Gasteiger partial charge in [-0.15, -0.1) is 0 Å². The Labute approximate surface area is 171 Å². The zero-order chi connectivity index (χ0) is 18.1. The largest absolute Gasteiger partial charge is 0.292 e. The van der Waals surface area contributed by atoms with Gasteiger partial charge in [-0.05, 0) is 60.9 Å². The number of amides is 1. The zero-order valence-corrected chi connectivity index (χ0v) is 17.4. The van der Waals surface area contributed by atoms with Gasteiger partial charge in [0.15, 0.2) is 0 Å². The van der Waals surface area contributed by atoms with Gasteiger partial charge >= 0.3 is 0 Å². The summed E-state index contributed by atoms with van der Waals surface area (Å²) in [6.07, 6.45) is 7.66. The number of benzene rings is 2. The molecule has 0 N–H and O–H groups in total.